The number of amides is 1. The van der Waals surface area contributed by atoms with E-state index in [4.69, 9.17) is 4.74 Å². The van der Waals surface area contributed by atoms with Crippen molar-refractivity contribution in [3.63, 3.8) is 0 Å². The highest BCUT2D eigenvalue weighted by Crippen LogP contribution is 2.21. The van der Waals surface area contributed by atoms with Gasteiger partial charge < -0.3 is 15.4 Å². The van der Waals surface area contributed by atoms with E-state index in [9.17, 15) is 9.18 Å². The van der Waals surface area contributed by atoms with Crippen molar-refractivity contribution in [3.8, 4) is 0 Å². The predicted molar refractivity (Wildman–Crippen MR) is 71.5 cm³/mol. The lowest BCUT2D eigenvalue weighted by atomic mass is 10.2. The van der Waals surface area contributed by atoms with Gasteiger partial charge in [-0.3, -0.25) is 4.79 Å². The number of nitrogens with one attached hydrogen (secondary N) is 2. The third-order valence-corrected chi connectivity index (χ3v) is 3.38. The lowest BCUT2D eigenvalue weighted by Gasteiger charge is -2.12. The third-order valence-electron chi connectivity index (χ3n) is 3.38. The molecule has 1 aromatic carbocycles. The second kappa shape index (κ2) is 6.63. The van der Waals surface area contributed by atoms with Crippen LogP contribution in [0.2, 0.25) is 0 Å². The molecule has 2 N–H and O–H groups in total. The van der Waals surface area contributed by atoms with Gasteiger partial charge in [-0.05, 0) is 37.5 Å². The maximum atomic E-state index is 13.0. The summed E-state index contributed by atoms with van der Waals surface area (Å²) in [5, 5.41) is 5.85. The number of hydrogen-bond donors (Lipinski definition) is 2. The minimum Gasteiger partial charge on any atom is -0.381 e. The average Bonchev–Trinajstić information content (AvgIpc) is 2.84. The van der Waals surface area contributed by atoms with Crippen LogP contribution in [0.25, 0.3) is 0 Å². The number of benzene rings is 1. The summed E-state index contributed by atoms with van der Waals surface area (Å²) < 4.78 is 18.2. The number of ether oxygens (including phenoxy) is 1. The van der Waals surface area contributed by atoms with Gasteiger partial charge in [-0.2, -0.15) is 0 Å². The van der Waals surface area contributed by atoms with E-state index in [1.54, 1.807) is 19.2 Å². The standard InChI is InChI=1S/C14H19FN2O2/c1-19-13-6-5-11(8-13)16-9-14(18)17-12-4-2-3-10(15)7-12/h2-4,7,11,13,16H,5-6,8-9H2,1H3,(H,17,18). The van der Waals surface area contributed by atoms with Gasteiger partial charge in [0.05, 0.1) is 12.6 Å². The summed E-state index contributed by atoms with van der Waals surface area (Å²) in [6, 6.07) is 6.20. The number of hydrogen-bond acceptors (Lipinski definition) is 3. The predicted octanol–water partition coefficient (Wildman–Crippen LogP) is 1.92. The quantitative estimate of drug-likeness (QED) is 0.856. The summed E-state index contributed by atoms with van der Waals surface area (Å²) >= 11 is 0. The molecule has 19 heavy (non-hydrogen) atoms. The summed E-state index contributed by atoms with van der Waals surface area (Å²) in [6.07, 6.45) is 3.28. The van der Waals surface area contributed by atoms with Gasteiger partial charge in [0.25, 0.3) is 0 Å². The van der Waals surface area contributed by atoms with E-state index in [0.29, 0.717) is 17.8 Å². The highest BCUT2D eigenvalue weighted by atomic mass is 19.1. The Morgan fingerprint density at radius 3 is 3.00 bits per heavy atom. The molecule has 1 saturated carbocycles. The Hall–Kier alpha value is -1.46. The van der Waals surface area contributed by atoms with Gasteiger partial charge in [0.15, 0.2) is 0 Å². The summed E-state index contributed by atoms with van der Waals surface area (Å²) in [4.78, 5) is 11.7. The van der Waals surface area contributed by atoms with Crippen molar-refractivity contribution in [2.24, 2.45) is 0 Å². The molecule has 0 bridgehead atoms. The van der Waals surface area contributed by atoms with Crippen molar-refractivity contribution in [2.75, 3.05) is 19.0 Å². The monoisotopic (exact) mass is 266 g/mol. The van der Waals surface area contributed by atoms with Gasteiger partial charge in [0, 0.05) is 18.8 Å². The van der Waals surface area contributed by atoms with Crippen molar-refractivity contribution in [1.82, 2.24) is 5.32 Å². The average molecular weight is 266 g/mol. The molecule has 0 saturated heterocycles. The van der Waals surface area contributed by atoms with Crippen LogP contribution in [0.4, 0.5) is 10.1 Å². The molecule has 0 aliphatic heterocycles. The maximum Gasteiger partial charge on any atom is 0.238 e. The first-order valence-electron chi connectivity index (χ1n) is 6.49. The molecule has 0 aromatic heterocycles. The second-order valence-electron chi connectivity index (χ2n) is 4.81. The van der Waals surface area contributed by atoms with E-state index in [2.05, 4.69) is 10.6 Å². The normalized spacial score (nSPS) is 22.4. The number of methoxy groups -OCH3 is 1. The van der Waals surface area contributed by atoms with Crippen LogP contribution in [-0.2, 0) is 9.53 Å². The molecule has 2 unspecified atom stereocenters. The van der Waals surface area contributed by atoms with Crippen molar-refractivity contribution in [3.05, 3.63) is 30.1 Å². The Balaban J connectivity index is 1.73. The van der Waals surface area contributed by atoms with E-state index in [1.807, 2.05) is 0 Å². The molecular formula is C14H19FN2O2. The zero-order valence-corrected chi connectivity index (χ0v) is 11.0. The number of halogens is 1. The molecule has 0 radical (unpaired) electrons. The summed E-state index contributed by atoms with van der Waals surface area (Å²) in [6.45, 7) is 0.234. The first-order valence-corrected chi connectivity index (χ1v) is 6.49. The highest BCUT2D eigenvalue weighted by Gasteiger charge is 2.24. The Bertz CT molecular complexity index is 439. The topological polar surface area (TPSA) is 50.4 Å². The first kappa shape index (κ1) is 14.0. The lowest BCUT2D eigenvalue weighted by Crippen LogP contribution is -2.35. The van der Waals surface area contributed by atoms with Crippen molar-refractivity contribution in [1.29, 1.82) is 0 Å². The SMILES string of the molecule is COC1CCC(NCC(=O)Nc2cccc(F)c2)C1. The minimum atomic E-state index is -0.357. The summed E-state index contributed by atoms with van der Waals surface area (Å²) in [5.41, 5.74) is 0.480. The molecule has 2 rings (SSSR count). The van der Waals surface area contributed by atoms with E-state index in [0.717, 1.165) is 19.3 Å². The van der Waals surface area contributed by atoms with Crippen LogP contribution in [0.1, 0.15) is 19.3 Å². The van der Waals surface area contributed by atoms with Gasteiger partial charge in [-0.15, -0.1) is 0 Å². The Morgan fingerprint density at radius 1 is 1.47 bits per heavy atom. The van der Waals surface area contributed by atoms with E-state index in [-0.39, 0.29) is 18.3 Å². The van der Waals surface area contributed by atoms with Crippen molar-refractivity contribution >= 4 is 11.6 Å². The third kappa shape index (κ3) is 4.29. The Kier molecular flexibility index (Phi) is 4.87. The molecule has 1 aromatic rings. The van der Waals surface area contributed by atoms with Crippen LogP contribution in [0.5, 0.6) is 0 Å². The molecule has 1 fully saturated rings. The maximum absolute atomic E-state index is 13.0. The molecule has 4 nitrogen and oxygen atoms in total. The molecule has 5 heteroatoms. The van der Waals surface area contributed by atoms with Crippen LogP contribution in [0.3, 0.4) is 0 Å². The summed E-state index contributed by atoms with van der Waals surface area (Å²) in [5.74, 6) is -0.518. The van der Waals surface area contributed by atoms with Crippen LogP contribution < -0.4 is 10.6 Å². The van der Waals surface area contributed by atoms with Crippen LogP contribution in [-0.4, -0.2) is 31.7 Å². The van der Waals surface area contributed by atoms with Crippen molar-refractivity contribution < 1.29 is 13.9 Å². The molecule has 1 aliphatic rings. The van der Waals surface area contributed by atoms with E-state index >= 15 is 0 Å². The second-order valence-corrected chi connectivity index (χ2v) is 4.81. The fraction of sp³-hybridized carbons (Fsp3) is 0.500. The fourth-order valence-electron chi connectivity index (χ4n) is 2.35. The zero-order valence-electron chi connectivity index (χ0n) is 11.0. The van der Waals surface area contributed by atoms with E-state index in [1.165, 1.54) is 12.1 Å². The Labute approximate surface area is 112 Å². The van der Waals surface area contributed by atoms with Gasteiger partial charge in [0.1, 0.15) is 5.82 Å². The van der Waals surface area contributed by atoms with Gasteiger partial charge in [-0.25, -0.2) is 4.39 Å². The highest BCUT2D eigenvalue weighted by molar-refractivity contribution is 5.92. The molecule has 2 atom stereocenters. The molecule has 0 heterocycles. The molecule has 1 aliphatic carbocycles. The lowest BCUT2D eigenvalue weighted by molar-refractivity contribution is -0.115. The van der Waals surface area contributed by atoms with E-state index < -0.39 is 0 Å². The number of carbonyl (C=O) groups excluding carboxylic acids is 1. The van der Waals surface area contributed by atoms with Crippen LogP contribution in [0, 0.1) is 5.82 Å². The number of anilines is 1. The van der Waals surface area contributed by atoms with Gasteiger partial charge >= 0.3 is 0 Å². The summed E-state index contributed by atoms with van der Waals surface area (Å²) in [7, 11) is 1.71. The smallest absolute Gasteiger partial charge is 0.238 e. The number of rotatable bonds is 5. The van der Waals surface area contributed by atoms with Gasteiger partial charge in [-0.1, -0.05) is 6.07 Å². The van der Waals surface area contributed by atoms with Gasteiger partial charge in [0.2, 0.25) is 5.91 Å². The number of carbonyl (C=O) groups is 1. The molecule has 1 amide bonds. The Morgan fingerprint density at radius 2 is 2.32 bits per heavy atom. The molecule has 104 valence electrons. The van der Waals surface area contributed by atoms with Crippen LogP contribution in [0.15, 0.2) is 24.3 Å². The fourth-order valence-corrected chi connectivity index (χ4v) is 2.35. The molecular weight excluding hydrogens is 247 g/mol. The minimum absolute atomic E-state index is 0.161. The largest absolute Gasteiger partial charge is 0.381 e. The zero-order chi connectivity index (χ0) is 13.7. The van der Waals surface area contributed by atoms with Crippen LogP contribution >= 0.6 is 0 Å². The first-order chi connectivity index (χ1) is 9.17. The van der Waals surface area contributed by atoms with Crippen molar-refractivity contribution in [2.45, 2.75) is 31.4 Å². The molecule has 0 spiro atoms.